The average Bonchev–Trinajstić information content (AvgIpc) is 2.80. The van der Waals surface area contributed by atoms with Crippen LogP contribution in [0, 0.1) is 6.92 Å². The molecule has 1 aliphatic carbocycles. The van der Waals surface area contributed by atoms with Crippen molar-refractivity contribution in [3.8, 4) is 22.6 Å². The first-order chi connectivity index (χ1) is 16.0. The molecule has 0 aliphatic heterocycles. The van der Waals surface area contributed by atoms with Crippen LogP contribution in [0.2, 0.25) is 0 Å². The molecule has 4 aromatic rings. The molecule has 6 heteroatoms. The van der Waals surface area contributed by atoms with E-state index in [1.165, 1.54) is 0 Å². The molecule has 2 aromatic heterocycles. The first kappa shape index (κ1) is 20.8. The van der Waals surface area contributed by atoms with Crippen LogP contribution in [0.5, 0.6) is 0 Å². The van der Waals surface area contributed by atoms with Crippen LogP contribution in [0.1, 0.15) is 30.5 Å². The molecule has 0 spiro atoms. The van der Waals surface area contributed by atoms with Gasteiger partial charge in [0.25, 0.3) is 0 Å². The molecular formula is C27H24N4O2. The number of anilines is 2. The largest absolute Gasteiger partial charge is 0.481 e. The normalized spacial score (nSPS) is 14.3. The minimum atomic E-state index is -0.742. The van der Waals surface area contributed by atoms with Crippen LogP contribution in [0.15, 0.2) is 79.0 Å². The van der Waals surface area contributed by atoms with Gasteiger partial charge >= 0.3 is 5.97 Å². The number of carbonyl (C=O) groups is 1. The van der Waals surface area contributed by atoms with Gasteiger partial charge in [0.1, 0.15) is 5.82 Å². The highest BCUT2D eigenvalue weighted by Crippen LogP contribution is 2.44. The predicted molar refractivity (Wildman–Crippen MR) is 128 cm³/mol. The van der Waals surface area contributed by atoms with Gasteiger partial charge in [-0.1, -0.05) is 48.9 Å². The number of rotatable bonds is 6. The summed E-state index contributed by atoms with van der Waals surface area (Å²) >= 11 is 0. The number of carboxylic acids is 1. The highest BCUT2D eigenvalue weighted by molar-refractivity contribution is 5.83. The van der Waals surface area contributed by atoms with Crippen molar-refractivity contribution in [2.45, 2.75) is 31.6 Å². The van der Waals surface area contributed by atoms with Gasteiger partial charge in [0.15, 0.2) is 5.82 Å². The van der Waals surface area contributed by atoms with Gasteiger partial charge in [-0.25, -0.2) is 9.97 Å². The lowest BCUT2D eigenvalue weighted by Crippen LogP contribution is -2.42. The second-order valence-electron chi connectivity index (χ2n) is 8.46. The number of aryl methyl sites for hydroxylation is 1. The Morgan fingerprint density at radius 1 is 0.939 bits per heavy atom. The third kappa shape index (κ3) is 4.07. The Labute approximate surface area is 192 Å². The predicted octanol–water partition coefficient (Wildman–Crippen LogP) is 5.76. The number of carboxylic acid groups (broad SMARTS) is 1. The summed E-state index contributed by atoms with van der Waals surface area (Å²) < 4.78 is 0. The van der Waals surface area contributed by atoms with Gasteiger partial charge in [0.2, 0.25) is 0 Å². The summed E-state index contributed by atoms with van der Waals surface area (Å²) in [4.78, 5) is 25.7. The van der Waals surface area contributed by atoms with Crippen molar-refractivity contribution in [2.75, 3.05) is 5.32 Å². The molecule has 0 atom stereocenters. The molecule has 1 saturated carbocycles. The summed E-state index contributed by atoms with van der Waals surface area (Å²) in [5.74, 6) is 0.500. The smallest absolute Gasteiger partial charge is 0.314 e. The summed E-state index contributed by atoms with van der Waals surface area (Å²) in [6, 6.07) is 23.4. The highest BCUT2D eigenvalue weighted by Gasteiger charge is 2.45. The van der Waals surface area contributed by atoms with Gasteiger partial charge in [-0.2, -0.15) is 0 Å². The lowest BCUT2D eigenvalue weighted by atomic mass is 9.64. The molecule has 2 N–H and O–H groups in total. The maximum Gasteiger partial charge on any atom is 0.314 e. The zero-order valence-electron chi connectivity index (χ0n) is 18.3. The standard InChI is InChI=1S/C27H24N4O2/c1-18-8-9-20(17-28-18)25-30-23(19-6-3-2-4-7-19)16-24(31-25)29-22-12-10-21(11-13-22)27(26(32)33)14-5-15-27/h2-4,6-13,16-17H,5,14-15H2,1H3,(H,32,33)(H,29,30,31). The summed E-state index contributed by atoms with van der Waals surface area (Å²) in [6.07, 6.45) is 4.11. The van der Waals surface area contributed by atoms with Crippen molar-refractivity contribution in [1.82, 2.24) is 15.0 Å². The molecule has 0 radical (unpaired) electrons. The molecule has 6 nitrogen and oxygen atoms in total. The van der Waals surface area contributed by atoms with Crippen molar-refractivity contribution in [3.63, 3.8) is 0 Å². The molecule has 164 valence electrons. The van der Waals surface area contributed by atoms with E-state index >= 15 is 0 Å². The van der Waals surface area contributed by atoms with E-state index in [-0.39, 0.29) is 0 Å². The number of nitrogens with one attached hydrogen (secondary N) is 1. The summed E-state index contributed by atoms with van der Waals surface area (Å²) in [7, 11) is 0. The Morgan fingerprint density at radius 2 is 1.70 bits per heavy atom. The molecular weight excluding hydrogens is 412 g/mol. The molecule has 0 amide bonds. The Kier molecular flexibility index (Phi) is 5.34. The number of nitrogens with zero attached hydrogens (tertiary/aromatic N) is 3. The summed E-state index contributed by atoms with van der Waals surface area (Å²) in [5, 5.41) is 13.1. The zero-order valence-corrected chi connectivity index (χ0v) is 18.3. The average molecular weight is 437 g/mol. The third-order valence-electron chi connectivity index (χ3n) is 6.29. The number of aliphatic carboxylic acids is 1. The molecule has 0 bridgehead atoms. The van der Waals surface area contributed by atoms with E-state index in [0.29, 0.717) is 24.5 Å². The summed E-state index contributed by atoms with van der Waals surface area (Å²) in [5.41, 5.74) is 4.52. The van der Waals surface area contributed by atoms with Crippen molar-refractivity contribution in [1.29, 1.82) is 0 Å². The molecule has 0 unspecified atom stereocenters. The first-order valence-electron chi connectivity index (χ1n) is 11.0. The molecule has 2 heterocycles. The van der Waals surface area contributed by atoms with Crippen LogP contribution in [-0.2, 0) is 10.2 Å². The van der Waals surface area contributed by atoms with Crippen LogP contribution in [0.4, 0.5) is 11.5 Å². The van der Waals surface area contributed by atoms with Crippen LogP contribution in [0.25, 0.3) is 22.6 Å². The highest BCUT2D eigenvalue weighted by atomic mass is 16.4. The van der Waals surface area contributed by atoms with E-state index in [1.807, 2.05) is 79.7 Å². The Hall–Kier alpha value is -4.06. The van der Waals surface area contributed by atoms with E-state index in [4.69, 9.17) is 9.97 Å². The minimum Gasteiger partial charge on any atom is -0.481 e. The molecule has 1 aliphatic rings. The molecule has 2 aromatic carbocycles. The van der Waals surface area contributed by atoms with Gasteiger partial charge in [0.05, 0.1) is 11.1 Å². The lowest BCUT2D eigenvalue weighted by molar-refractivity contribution is -0.147. The molecule has 5 rings (SSSR count). The number of hydrogen-bond donors (Lipinski definition) is 2. The van der Waals surface area contributed by atoms with E-state index in [1.54, 1.807) is 6.20 Å². The van der Waals surface area contributed by atoms with Gasteiger partial charge in [-0.3, -0.25) is 9.78 Å². The number of aromatic nitrogens is 3. The Balaban J connectivity index is 1.49. The second kappa shape index (κ2) is 8.47. The number of benzene rings is 2. The fraction of sp³-hybridized carbons (Fsp3) is 0.185. The first-order valence-corrected chi connectivity index (χ1v) is 11.0. The number of hydrogen-bond acceptors (Lipinski definition) is 5. The maximum atomic E-state index is 11.8. The van der Waals surface area contributed by atoms with E-state index in [9.17, 15) is 9.90 Å². The van der Waals surface area contributed by atoms with Crippen LogP contribution in [-0.4, -0.2) is 26.0 Å². The molecule has 1 fully saturated rings. The van der Waals surface area contributed by atoms with Gasteiger partial charge in [0, 0.05) is 34.8 Å². The van der Waals surface area contributed by atoms with Crippen LogP contribution < -0.4 is 5.32 Å². The second-order valence-corrected chi connectivity index (χ2v) is 8.46. The number of pyridine rings is 1. The topological polar surface area (TPSA) is 88.0 Å². The summed E-state index contributed by atoms with van der Waals surface area (Å²) in [6.45, 7) is 1.94. The van der Waals surface area contributed by atoms with Crippen LogP contribution in [0.3, 0.4) is 0 Å². The maximum absolute atomic E-state index is 11.8. The fourth-order valence-corrected chi connectivity index (χ4v) is 4.17. The van der Waals surface area contributed by atoms with Crippen molar-refractivity contribution in [3.05, 3.63) is 90.3 Å². The van der Waals surface area contributed by atoms with Gasteiger partial charge in [-0.15, -0.1) is 0 Å². The van der Waals surface area contributed by atoms with Gasteiger partial charge in [-0.05, 0) is 49.6 Å². The Bertz CT molecular complexity index is 1280. The minimum absolute atomic E-state index is 0.585. The lowest BCUT2D eigenvalue weighted by Gasteiger charge is -2.38. The monoisotopic (exact) mass is 436 g/mol. The quantitative estimate of drug-likeness (QED) is 0.399. The molecule has 33 heavy (non-hydrogen) atoms. The van der Waals surface area contributed by atoms with Crippen molar-refractivity contribution < 1.29 is 9.90 Å². The van der Waals surface area contributed by atoms with E-state index < -0.39 is 11.4 Å². The van der Waals surface area contributed by atoms with Crippen LogP contribution >= 0.6 is 0 Å². The Morgan fingerprint density at radius 3 is 2.30 bits per heavy atom. The SMILES string of the molecule is Cc1ccc(-c2nc(Nc3ccc(C4(C(=O)O)CCC4)cc3)cc(-c3ccccc3)n2)cn1. The third-order valence-corrected chi connectivity index (χ3v) is 6.29. The van der Waals surface area contributed by atoms with Crippen molar-refractivity contribution in [2.24, 2.45) is 0 Å². The molecule has 0 saturated heterocycles. The van der Waals surface area contributed by atoms with E-state index in [0.717, 1.165) is 40.2 Å². The van der Waals surface area contributed by atoms with E-state index in [2.05, 4.69) is 10.3 Å². The fourth-order valence-electron chi connectivity index (χ4n) is 4.17. The van der Waals surface area contributed by atoms with Crippen molar-refractivity contribution >= 4 is 17.5 Å². The zero-order chi connectivity index (χ0) is 22.8. The van der Waals surface area contributed by atoms with Gasteiger partial charge < -0.3 is 10.4 Å².